The lowest BCUT2D eigenvalue weighted by atomic mass is 10.2. The molecule has 0 aliphatic carbocycles. The van der Waals surface area contributed by atoms with E-state index in [0.29, 0.717) is 28.5 Å². The number of hydrogen-bond acceptors (Lipinski definition) is 6. The van der Waals surface area contributed by atoms with E-state index in [0.717, 1.165) is 29.9 Å². The average molecular weight is 414 g/mol. The smallest absolute Gasteiger partial charge is 0.257 e. The molecule has 0 radical (unpaired) electrons. The SMILES string of the molecule is COc1ccc(-c2nc3ccc(NC(=O)c4ccc(N5CCCC5)nc4)cc3[nH]2)nc1. The van der Waals surface area contributed by atoms with Crippen molar-refractivity contribution in [3.8, 4) is 17.3 Å². The van der Waals surface area contributed by atoms with Crippen LogP contribution in [0.3, 0.4) is 0 Å². The largest absolute Gasteiger partial charge is 0.495 e. The van der Waals surface area contributed by atoms with Crippen molar-refractivity contribution in [1.29, 1.82) is 0 Å². The summed E-state index contributed by atoms with van der Waals surface area (Å²) in [5.41, 5.74) is 3.52. The van der Waals surface area contributed by atoms with E-state index in [4.69, 9.17) is 4.74 Å². The zero-order chi connectivity index (χ0) is 21.2. The molecule has 156 valence electrons. The molecule has 1 fully saturated rings. The third-order valence-corrected chi connectivity index (χ3v) is 5.39. The highest BCUT2D eigenvalue weighted by Gasteiger charge is 2.15. The number of anilines is 2. The lowest BCUT2D eigenvalue weighted by Gasteiger charge is -2.16. The zero-order valence-corrected chi connectivity index (χ0v) is 17.1. The van der Waals surface area contributed by atoms with Crippen LogP contribution in [-0.2, 0) is 0 Å². The molecule has 4 aromatic rings. The maximum absolute atomic E-state index is 12.7. The number of benzene rings is 1. The highest BCUT2D eigenvalue weighted by molar-refractivity contribution is 6.04. The minimum absolute atomic E-state index is 0.198. The van der Waals surface area contributed by atoms with E-state index in [1.165, 1.54) is 12.8 Å². The summed E-state index contributed by atoms with van der Waals surface area (Å²) in [4.78, 5) is 31.6. The van der Waals surface area contributed by atoms with Gasteiger partial charge in [0.1, 0.15) is 17.3 Å². The van der Waals surface area contributed by atoms with Gasteiger partial charge in [-0.05, 0) is 55.3 Å². The number of aromatic nitrogens is 4. The first-order valence-corrected chi connectivity index (χ1v) is 10.2. The van der Waals surface area contributed by atoms with Crippen molar-refractivity contribution in [3.05, 3.63) is 60.4 Å². The van der Waals surface area contributed by atoms with Crippen LogP contribution in [0.5, 0.6) is 5.75 Å². The molecule has 0 unspecified atom stereocenters. The maximum atomic E-state index is 12.7. The summed E-state index contributed by atoms with van der Waals surface area (Å²) >= 11 is 0. The molecule has 1 amide bonds. The quantitative estimate of drug-likeness (QED) is 0.515. The van der Waals surface area contributed by atoms with Crippen molar-refractivity contribution < 1.29 is 9.53 Å². The minimum atomic E-state index is -0.198. The van der Waals surface area contributed by atoms with Gasteiger partial charge in [0.15, 0.2) is 5.82 Å². The van der Waals surface area contributed by atoms with Gasteiger partial charge in [-0.1, -0.05) is 0 Å². The Morgan fingerprint density at radius 1 is 1.06 bits per heavy atom. The van der Waals surface area contributed by atoms with Crippen molar-refractivity contribution in [2.75, 3.05) is 30.4 Å². The number of amides is 1. The average Bonchev–Trinajstić information content (AvgIpc) is 3.49. The van der Waals surface area contributed by atoms with Gasteiger partial charge in [-0.2, -0.15) is 0 Å². The van der Waals surface area contributed by atoms with Gasteiger partial charge in [0.25, 0.3) is 5.91 Å². The number of imidazole rings is 1. The molecule has 3 aromatic heterocycles. The van der Waals surface area contributed by atoms with Crippen LogP contribution in [0.2, 0.25) is 0 Å². The molecule has 8 nitrogen and oxygen atoms in total. The third-order valence-electron chi connectivity index (χ3n) is 5.39. The summed E-state index contributed by atoms with van der Waals surface area (Å²) in [5.74, 6) is 2.07. The third kappa shape index (κ3) is 3.92. The molecule has 1 aromatic carbocycles. The van der Waals surface area contributed by atoms with Crippen LogP contribution in [0.1, 0.15) is 23.2 Å². The molecule has 0 atom stereocenters. The Labute approximate surface area is 179 Å². The first-order valence-electron chi connectivity index (χ1n) is 10.2. The maximum Gasteiger partial charge on any atom is 0.257 e. The van der Waals surface area contributed by atoms with E-state index >= 15 is 0 Å². The number of nitrogens with zero attached hydrogens (tertiary/aromatic N) is 4. The fraction of sp³-hybridized carbons (Fsp3) is 0.217. The predicted molar refractivity (Wildman–Crippen MR) is 120 cm³/mol. The van der Waals surface area contributed by atoms with Crippen LogP contribution in [-0.4, -0.2) is 46.0 Å². The predicted octanol–water partition coefficient (Wildman–Crippen LogP) is 3.88. The zero-order valence-electron chi connectivity index (χ0n) is 17.1. The fourth-order valence-electron chi connectivity index (χ4n) is 3.71. The second-order valence-electron chi connectivity index (χ2n) is 7.45. The molecule has 0 spiro atoms. The van der Waals surface area contributed by atoms with Crippen LogP contribution >= 0.6 is 0 Å². The number of rotatable bonds is 5. The molecule has 1 aliphatic rings. The Kier molecular flexibility index (Phi) is 4.95. The molecule has 1 saturated heterocycles. The molecular formula is C23H22N6O2. The van der Waals surface area contributed by atoms with Gasteiger partial charge in [0.2, 0.25) is 0 Å². The number of carbonyl (C=O) groups excluding carboxylic acids is 1. The lowest BCUT2D eigenvalue weighted by molar-refractivity contribution is 0.102. The van der Waals surface area contributed by atoms with E-state index < -0.39 is 0 Å². The minimum Gasteiger partial charge on any atom is -0.495 e. The lowest BCUT2D eigenvalue weighted by Crippen LogP contribution is -2.19. The Bertz CT molecular complexity index is 1210. The number of methoxy groups -OCH3 is 1. The number of carbonyl (C=O) groups is 1. The van der Waals surface area contributed by atoms with Crippen LogP contribution in [0.15, 0.2) is 54.9 Å². The number of nitrogens with one attached hydrogen (secondary N) is 2. The fourth-order valence-corrected chi connectivity index (χ4v) is 3.71. The van der Waals surface area contributed by atoms with Crippen LogP contribution < -0.4 is 15.0 Å². The Hall–Kier alpha value is -3.94. The number of pyridine rings is 2. The second-order valence-corrected chi connectivity index (χ2v) is 7.45. The molecule has 31 heavy (non-hydrogen) atoms. The molecule has 5 rings (SSSR count). The van der Waals surface area contributed by atoms with E-state index in [2.05, 4.69) is 30.2 Å². The number of aromatic amines is 1. The van der Waals surface area contributed by atoms with E-state index in [-0.39, 0.29) is 5.91 Å². The van der Waals surface area contributed by atoms with E-state index in [9.17, 15) is 4.79 Å². The molecule has 8 heteroatoms. The van der Waals surface area contributed by atoms with Gasteiger partial charge in [0.05, 0.1) is 29.9 Å². The highest BCUT2D eigenvalue weighted by atomic mass is 16.5. The molecule has 0 bridgehead atoms. The summed E-state index contributed by atoms with van der Waals surface area (Å²) in [5, 5.41) is 2.93. The molecular weight excluding hydrogens is 392 g/mol. The summed E-state index contributed by atoms with van der Waals surface area (Å²) in [6.45, 7) is 2.05. The number of hydrogen-bond donors (Lipinski definition) is 2. The second kappa shape index (κ2) is 8.06. The summed E-state index contributed by atoms with van der Waals surface area (Å²) in [6.07, 6.45) is 5.66. The van der Waals surface area contributed by atoms with Crippen LogP contribution in [0.25, 0.3) is 22.6 Å². The van der Waals surface area contributed by atoms with Crippen LogP contribution in [0, 0.1) is 0 Å². The molecule has 2 N–H and O–H groups in total. The number of fused-ring (bicyclic) bond motifs is 1. The Balaban J connectivity index is 1.32. The number of H-pyrrole nitrogens is 1. The first-order chi connectivity index (χ1) is 15.2. The van der Waals surface area contributed by atoms with Crippen molar-refractivity contribution in [2.24, 2.45) is 0 Å². The van der Waals surface area contributed by atoms with Crippen molar-refractivity contribution >= 4 is 28.4 Å². The summed E-state index contributed by atoms with van der Waals surface area (Å²) in [6, 6.07) is 13.0. The van der Waals surface area contributed by atoms with Gasteiger partial charge in [-0.25, -0.2) is 15.0 Å². The van der Waals surface area contributed by atoms with Gasteiger partial charge in [0, 0.05) is 25.0 Å². The van der Waals surface area contributed by atoms with E-state index in [1.807, 2.05) is 42.5 Å². The Morgan fingerprint density at radius 2 is 1.94 bits per heavy atom. The van der Waals surface area contributed by atoms with Crippen molar-refractivity contribution in [2.45, 2.75) is 12.8 Å². The summed E-state index contributed by atoms with van der Waals surface area (Å²) in [7, 11) is 1.60. The van der Waals surface area contributed by atoms with E-state index in [1.54, 1.807) is 19.5 Å². The normalized spacial score (nSPS) is 13.5. The Morgan fingerprint density at radius 3 is 2.65 bits per heavy atom. The van der Waals surface area contributed by atoms with Crippen LogP contribution in [0.4, 0.5) is 11.5 Å². The van der Waals surface area contributed by atoms with Gasteiger partial charge in [-0.15, -0.1) is 0 Å². The molecule has 0 saturated carbocycles. The van der Waals surface area contributed by atoms with Gasteiger partial charge < -0.3 is 19.9 Å². The first kappa shape index (κ1) is 19.0. The highest BCUT2D eigenvalue weighted by Crippen LogP contribution is 2.23. The summed E-state index contributed by atoms with van der Waals surface area (Å²) < 4.78 is 5.15. The monoisotopic (exact) mass is 414 g/mol. The standard InChI is InChI=1S/C23H22N6O2/c1-31-17-6-8-19(24-14-17)22-27-18-7-5-16(12-20(18)28-22)26-23(30)15-4-9-21(25-13-15)29-10-2-3-11-29/h4-9,12-14H,2-3,10-11H2,1H3,(H,26,30)(H,27,28). The topological polar surface area (TPSA) is 96.0 Å². The van der Waals surface area contributed by atoms with Gasteiger partial charge >= 0.3 is 0 Å². The van der Waals surface area contributed by atoms with Crippen molar-refractivity contribution in [1.82, 2.24) is 19.9 Å². The number of ether oxygens (including phenoxy) is 1. The molecule has 4 heterocycles. The van der Waals surface area contributed by atoms with Crippen molar-refractivity contribution in [3.63, 3.8) is 0 Å². The van der Waals surface area contributed by atoms with Gasteiger partial charge in [-0.3, -0.25) is 4.79 Å². The molecule has 1 aliphatic heterocycles.